The Hall–Kier alpha value is -1.11. The number of nitrogens with one attached hydrogen (secondary N) is 1. The molecule has 0 atom stereocenters. The first kappa shape index (κ1) is 14.0. The molecule has 94 valence electrons. The van der Waals surface area contributed by atoms with Crippen molar-refractivity contribution in [2.24, 2.45) is 0 Å². The fourth-order valence-electron chi connectivity index (χ4n) is 1.10. The molecule has 0 bridgehead atoms. The normalized spacial score (nSPS) is 12.6. The van der Waals surface area contributed by atoms with Crippen molar-refractivity contribution in [1.29, 1.82) is 0 Å². The van der Waals surface area contributed by atoms with Crippen LogP contribution in [-0.2, 0) is 4.65 Å². The summed E-state index contributed by atoms with van der Waals surface area (Å²) in [5.74, 6) is 0. The van der Waals surface area contributed by atoms with E-state index in [4.69, 9.17) is 4.65 Å². The first-order valence-corrected chi connectivity index (χ1v) is 5.41. The molecule has 0 saturated carbocycles. The monoisotopic (exact) mass is 239 g/mol. The molecule has 0 aliphatic carbocycles. The number of hydrogen-bond acceptors (Lipinski definition) is 4. The molecule has 0 amide bonds. The molecule has 0 fully saturated rings. The van der Waals surface area contributed by atoms with E-state index in [1.807, 2.05) is 0 Å². The summed E-state index contributed by atoms with van der Waals surface area (Å²) < 4.78 is 5.38. The minimum atomic E-state index is -1.29. The van der Waals surface area contributed by atoms with E-state index in [9.17, 15) is 14.9 Å². The fraction of sp³-hybridized carbons (Fsp3) is 0.545. The highest BCUT2D eigenvalue weighted by Gasteiger charge is 2.39. The number of rotatable bonds is 4. The molecule has 1 aromatic heterocycles. The first-order chi connectivity index (χ1) is 7.63. The van der Waals surface area contributed by atoms with Crippen LogP contribution >= 0.6 is 0 Å². The Kier molecular flexibility index (Phi) is 3.81. The number of pyridine rings is 1. The predicted molar refractivity (Wildman–Crippen MR) is 66.1 cm³/mol. The molecule has 0 saturated heterocycles. The van der Waals surface area contributed by atoms with E-state index in [0.717, 1.165) is 0 Å². The van der Waals surface area contributed by atoms with E-state index in [1.54, 1.807) is 33.8 Å². The van der Waals surface area contributed by atoms with Crippen LogP contribution < -0.4 is 11.2 Å². The minimum absolute atomic E-state index is 0.259. The van der Waals surface area contributed by atoms with Crippen molar-refractivity contribution >= 4 is 12.7 Å². The van der Waals surface area contributed by atoms with Crippen LogP contribution in [0.4, 0.5) is 0 Å². The van der Waals surface area contributed by atoms with Gasteiger partial charge in [0, 0.05) is 11.7 Å². The quantitative estimate of drug-likeness (QED) is 0.626. The Morgan fingerprint density at radius 2 is 1.88 bits per heavy atom. The molecule has 0 unspecified atom stereocenters. The summed E-state index contributed by atoms with van der Waals surface area (Å²) in [5.41, 5.74) is -2.14. The maximum absolute atomic E-state index is 11.1. The van der Waals surface area contributed by atoms with Crippen molar-refractivity contribution in [2.45, 2.75) is 38.9 Å². The minimum Gasteiger partial charge on any atom is -0.422 e. The van der Waals surface area contributed by atoms with Crippen LogP contribution in [-0.4, -0.2) is 33.4 Å². The summed E-state index contributed by atoms with van der Waals surface area (Å²) in [6.07, 6.45) is 0. The second-order valence-corrected chi connectivity index (χ2v) is 5.01. The van der Waals surface area contributed by atoms with E-state index >= 15 is 0 Å². The van der Waals surface area contributed by atoms with Gasteiger partial charge in [-0.1, -0.05) is 6.07 Å². The number of H-pyrrole nitrogens is 1. The summed E-state index contributed by atoms with van der Waals surface area (Å²) in [7, 11) is -1.29. The van der Waals surface area contributed by atoms with Crippen LogP contribution in [0.5, 0.6) is 0 Å². The van der Waals surface area contributed by atoms with Gasteiger partial charge in [-0.05, 0) is 33.8 Å². The summed E-state index contributed by atoms with van der Waals surface area (Å²) >= 11 is 0. The first-order valence-electron chi connectivity index (χ1n) is 5.41. The smallest absolute Gasteiger partial charge is 0.422 e. The van der Waals surface area contributed by atoms with E-state index in [-0.39, 0.29) is 11.2 Å². The zero-order chi connectivity index (χ0) is 13.3. The van der Waals surface area contributed by atoms with Gasteiger partial charge in [-0.25, -0.2) is 0 Å². The topological polar surface area (TPSA) is 82.5 Å². The van der Waals surface area contributed by atoms with Crippen LogP contribution in [0.15, 0.2) is 23.0 Å². The molecule has 1 heterocycles. The van der Waals surface area contributed by atoms with Gasteiger partial charge in [-0.15, -0.1) is 0 Å². The molecule has 0 aromatic carbocycles. The van der Waals surface area contributed by atoms with Gasteiger partial charge in [0.25, 0.3) is 0 Å². The summed E-state index contributed by atoms with van der Waals surface area (Å²) in [5, 5.41) is 19.7. The molecule has 0 radical (unpaired) electrons. The second-order valence-electron chi connectivity index (χ2n) is 5.01. The van der Waals surface area contributed by atoms with Gasteiger partial charge in [0.1, 0.15) is 0 Å². The molecule has 0 aliphatic heterocycles. The number of aromatic amines is 1. The van der Waals surface area contributed by atoms with Gasteiger partial charge >= 0.3 is 7.12 Å². The standard InChI is InChI=1S/C11H18BNO4/c1-10(2,15)11(3,4)17-12(16)8-6-5-7-9(14)13-8/h5-7,15-16H,1-4H3,(H,13,14). The number of aromatic nitrogens is 1. The second kappa shape index (κ2) is 4.64. The summed E-state index contributed by atoms with van der Waals surface area (Å²) in [6, 6.07) is 4.42. The summed E-state index contributed by atoms with van der Waals surface area (Å²) in [4.78, 5) is 13.6. The average molecular weight is 239 g/mol. The van der Waals surface area contributed by atoms with Gasteiger partial charge in [-0.2, -0.15) is 0 Å². The van der Waals surface area contributed by atoms with Gasteiger partial charge in [0.05, 0.1) is 11.2 Å². The van der Waals surface area contributed by atoms with Crippen molar-refractivity contribution in [3.05, 3.63) is 28.6 Å². The molecule has 17 heavy (non-hydrogen) atoms. The Morgan fingerprint density at radius 1 is 1.29 bits per heavy atom. The SMILES string of the molecule is CC(C)(O)C(C)(C)OB(O)c1cccc(=O)[nH]1. The van der Waals surface area contributed by atoms with Gasteiger partial charge < -0.3 is 19.8 Å². The molecule has 0 spiro atoms. The maximum Gasteiger partial charge on any atom is 0.508 e. The largest absolute Gasteiger partial charge is 0.508 e. The van der Waals surface area contributed by atoms with Crippen molar-refractivity contribution in [2.75, 3.05) is 0 Å². The lowest BCUT2D eigenvalue weighted by atomic mass is 9.80. The lowest BCUT2D eigenvalue weighted by molar-refractivity contribution is -0.0983. The summed E-state index contributed by atoms with van der Waals surface area (Å²) in [6.45, 7) is 6.51. The van der Waals surface area contributed by atoms with Crippen LogP contribution in [0.1, 0.15) is 27.7 Å². The van der Waals surface area contributed by atoms with Crippen LogP contribution in [0.2, 0.25) is 0 Å². The predicted octanol–water partition coefficient (Wildman–Crippen LogP) is -0.372. The fourth-order valence-corrected chi connectivity index (χ4v) is 1.10. The highest BCUT2D eigenvalue weighted by molar-refractivity contribution is 6.59. The third kappa shape index (κ3) is 3.42. The zero-order valence-corrected chi connectivity index (χ0v) is 10.5. The Morgan fingerprint density at radius 3 is 2.35 bits per heavy atom. The molecular weight excluding hydrogens is 221 g/mol. The Labute approximate surface area is 101 Å². The van der Waals surface area contributed by atoms with E-state index < -0.39 is 18.3 Å². The highest BCUT2D eigenvalue weighted by Crippen LogP contribution is 2.25. The van der Waals surface area contributed by atoms with Gasteiger partial charge in [-0.3, -0.25) is 4.79 Å². The zero-order valence-electron chi connectivity index (χ0n) is 10.5. The number of aliphatic hydroxyl groups is 1. The highest BCUT2D eigenvalue weighted by atomic mass is 16.5. The van der Waals surface area contributed by atoms with E-state index in [1.165, 1.54) is 12.1 Å². The van der Waals surface area contributed by atoms with Crippen molar-refractivity contribution < 1.29 is 14.8 Å². The lowest BCUT2D eigenvalue weighted by Crippen LogP contribution is -2.54. The van der Waals surface area contributed by atoms with Crippen molar-refractivity contribution in [3.63, 3.8) is 0 Å². The number of hydrogen-bond donors (Lipinski definition) is 3. The molecule has 0 aliphatic rings. The van der Waals surface area contributed by atoms with Crippen molar-refractivity contribution in [1.82, 2.24) is 4.98 Å². The maximum atomic E-state index is 11.1. The van der Waals surface area contributed by atoms with Crippen LogP contribution in [0.25, 0.3) is 0 Å². The van der Waals surface area contributed by atoms with Crippen LogP contribution in [0.3, 0.4) is 0 Å². The molecular formula is C11H18BNO4. The van der Waals surface area contributed by atoms with E-state index in [2.05, 4.69) is 4.98 Å². The molecule has 1 rings (SSSR count). The average Bonchev–Trinajstić information content (AvgIpc) is 2.15. The Balaban J connectivity index is 2.87. The van der Waals surface area contributed by atoms with Gasteiger partial charge in [0.2, 0.25) is 5.56 Å². The lowest BCUT2D eigenvalue weighted by Gasteiger charge is -2.38. The molecule has 5 nitrogen and oxygen atoms in total. The third-order valence-electron chi connectivity index (χ3n) is 2.94. The molecule has 6 heteroatoms. The Bertz CT molecular complexity index is 436. The van der Waals surface area contributed by atoms with Crippen molar-refractivity contribution in [3.8, 4) is 0 Å². The third-order valence-corrected chi connectivity index (χ3v) is 2.94. The molecule has 1 aromatic rings. The van der Waals surface area contributed by atoms with Crippen LogP contribution in [0, 0.1) is 0 Å². The van der Waals surface area contributed by atoms with Gasteiger partial charge in [0.15, 0.2) is 0 Å². The molecule has 3 N–H and O–H groups in total. The van der Waals surface area contributed by atoms with E-state index in [0.29, 0.717) is 0 Å².